The van der Waals surface area contributed by atoms with Crippen molar-refractivity contribution in [2.24, 2.45) is 0 Å². The van der Waals surface area contributed by atoms with Gasteiger partial charge in [-0.3, -0.25) is 9.59 Å². The second kappa shape index (κ2) is 8.36. The highest BCUT2D eigenvalue weighted by molar-refractivity contribution is 6.36. The van der Waals surface area contributed by atoms with Crippen LogP contribution in [0, 0.1) is 17.7 Å². The molecule has 0 fully saturated rings. The predicted molar refractivity (Wildman–Crippen MR) is 116 cm³/mol. The van der Waals surface area contributed by atoms with Gasteiger partial charge in [0.15, 0.2) is 0 Å². The lowest BCUT2D eigenvalue weighted by Gasteiger charge is -2.18. The molecule has 3 nitrogen and oxygen atoms in total. The minimum absolute atomic E-state index is 0.0421. The number of rotatable bonds is 2. The number of carbonyl (C=O) groups is 2. The Bertz CT molecular complexity index is 1250. The topological polar surface area (TPSA) is 46.2 Å². The van der Waals surface area contributed by atoms with E-state index in [1.807, 2.05) is 30.3 Å². The maximum absolute atomic E-state index is 13.4. The Balaban J connectivity index is 1.62. The number of hydrogen-bond acceptors (Lipinski definition) is 2. The number of Topliss-reactive ketones (excluding diaryl/α,β-unsaturated/α-hetero) is 1. The summed E-state index contributed by atoms with van der Waals surface area (Å²) in [6.45, 7) is 0. The third-order valence-electron chi connectivity index (χ3n) is 4.62. The zero-order valence-corrected chi connectivity index (χ0v) is 16.5. The normalized spacial score (nSPS) is 14.0. The Morgan fingerprint density at radius 1 is 1.00 bits per heavy atom. The number of amides is 1. The van der Waals surface area contributed by atoms with Crippen LogP contribution >= 0.6 is 11.6 Å². The summed E-state index contributed by atoms with van der Waals surface area (Å²) in [6, 6.07) is 19.0. The monoisotopic (exact) mass is 415 g/mol. The molecule has 1 aliphatic heterocycles. The molecule has 0 aliphatic carbocycles. The number of ketones is 1. The van der Waals surface area contributed by atoms with Gasteiger partial charge in [0.2, 0.25) is 5.78 Å². The molecule has 0 spiro atoms. The van der Waals surface area contributed by atoms with Crippen molar-refractivity contribution < 1.29 is 14.0 Å². The molecule has 0 saturated heterocycles. The highest BCUT2D eigenvalue weighted by Crippen LogP contribution is 2.28. The van der Waals surface area contributed by atoms with Crippen molar-refractivity contribution in [1.82, 2.24) is 0 Å². The fourth-order valence-electron chi connectivity index (χ4n) is 3.10. The SMILES string of the molecule is O=C1Nc2ccc(C#CCc3ccccc3)cc2C(=O)C1=Cc1ccc(F)c(Cl)c1. The van der Waals surface area contributed by atoms with Crippen molar-refractivity contribution in [2.45, 2.75) is 6.42 Å². The molecule has 0 radical (unpaired) electrons. The van der Waals surface area contributed by atoms with E-state index < -0.39 is 17.5 Å². The van der Waals surface area contributed by atoms with Gasteiger partial charge in [-0.2, -0.15) is 0 Å². The maximum Gasteiger partial charge on any atom is 0.259 e. The van der Waals surface area contributed by atoms with Gasteiger partial charge in [0.1, 0.15) is 5.82 Å². The van der Waals surface area contributed by atoms with E-state index in [1.54, 1.807) is 18.2 Å². The molecule has 1 amide bonds. The van der Waals surface area contributed by atoms with Crippen molar-refractivity contribution in [2.75, 3.05) is 5.32 Å². The van der Waals surface area contributed by atoms with Gasteiger partial charge in [0.25, 0.3) is 5.91 Å². The predicted octanol–water partition coefficient (Wildman–Crippen LogP) is 5.29. The van der Waals surface area contributed by atoms with Crippen molar-refractivity contribution in [3.8, 4) is 11.8 Å². The van der Waals surface area contributed by atoms with Crippen LogP contribution in [0.5, 0.6) is 0 Å². The third-order valence-corrected chi connectivity index (χ3v) is 4.91. The molecule has 1 aliphatic rings. The van der Waals surface area contributed by atoms with Gasteiger partial charge in [0.05, 0.1) is 16.3 Å². The summed E-state index contributed by atoms with van der Waals surface area (Å²) < 4.78 is 13.4. The molecule has 30 heavy (non-hydrogen) atoms. The molecule has 1 N–H and O–H groups in total. The lowest BCUT2D eigenvalue weighted by Crippen LogP contribution is -2.27. The number of anilines is 1. The zero-order valence-electron chi connectivity index (χ0n) is 15.7. The number of fused-ring (bicyclic) bond motifs is 1. The van der Waals surface area contributed by atoms with Gasteiger partial charge in [-0.05, 0) is 47.5 Å². The first-order valence-electron chi connectivity index (χ1n) is 9.21. The Morgan fingerprint density at radius 3 is 2.57 bits per heavy atom. The minimum atomic E-state index is -0.567. The van der Waals surface area contributed by atoms with Crippen molar-refractivity contribution in [1.29, 1.82) is 0 Å². The van der Waals surface area contributed by atoms with Crippen LogP contribution in [0.15, 0.2) is 72.3 Å². The zero-order chi connectivity index (χ0) is 21.1. The van der Waals surface area contributed by atoms with Gasteiger partial charge in [-0.1, -0.05) is 59.8 Å². The quantitative estimate of drug-likeness (QED) is 0.351. The lowest BCUT2D eigenvalue weighted by atomic mass is 9.93. The summed E-state index contributed by atoms with van der Waals surface area (Å²) in [4.78, 5) is 25.3. The fraction of sp³-hybridized carbons (Fsp3) is 0.0400. The number of nitrogens with one attached hydrogen (secondary N) is 1. The van der Waals surface area contributed by atoms with Gasteiger partial charge in [-0.15, -0.1) is 0 Å². The Hall–Kier alpha value is -3.68. The Labute approximate surface area is 178 Å². The van der Waals surface area contributed by atoms with Crippen LogP contribution in [0.4, 0.5) is 10.1 Å². The Morgan fingerprint density at radius 2 is 1.80 bits per heavy atom. The van der Waals surface area contributed by atoms with Crippen LogP contribution in [0.1, 0.15) is 27.0 Å². The van der Waals surface area contributed by atoms with Crippen molar-refractivity contribution in [3.05, 3.63) is 105 Å². The molecule has 0 atom stereocenters. The molecule has 0 aromatic heterocycles. The molecule has 3 aromatic carbocycles. The van der Waals surface area contributed by atoms with Crippen LogP contribution < -0.4 is 5.32 Å². The Kier molecular flexibility index (Phi) is 5.47. The second-order valence-electron chi connectivity index (χ2n) is 6.74. The maximum atomic E-state index is 13.4. The first-order valence-corrected chi connectivity index (χ1v) is 9.59. The van der Waals surface area contributed by atoms with Crippen LogP contribution in [0.25, 0.3) is 6.08 Å². The minimum Gasteiger partial charge on any atom is -0.321 e. The summed E-state index contributed by atoms with van der Waals surface area (Å²) >= 11 is 5.79. The van der Waals surface area contributed by atoms with E-state index in [4.69, 9.17) is 11.6 Å². The average molecular weight is 416 g/mol. The van der Waals surface area contributed by atoms with Gasteiger partial charge < -0.3 is 5.32 Å². The molecular formula is C25H15ClFNO2. The molecule has 4 rings (SSSR count). The van der Waals surface area contributed by atoms with Crippen LogP contribution in [0.2, 0.25) is 5.02 Å². The lowest BCUT2D eigenvalue weighted by molar-refractivity contribution is -0.112. The average Bonchev–Trinajstić information content (AvgIpc) is 2.75. The van der Waals surface area contributed by atoms with Gasteiger partial charge >= 0.3 is 0 Å². The van der Waals surface area contributed by atoms with Gasteiger partial charge in [0, 0.05) is 17.5 Å². The highest BCUT2D eigenvalue weighted by atomic mass is 35.5. The molecule has 0 bridgehead atoms. The standard InChI is InChI=1S/C25H15ClFNO2/c26-21-15-18(9-11-22(21)27)14-20-24(29)19-13-17(10-12-23(19)28-25(20)30)8-4-7-16-5-2-1-3-6-16/h1-3,5-6,9-15H,7H2,(H,28,30). The summed E-state index contributed by atoms with van der Waals surface area (Å²) in [5.41, 5.74) is 3.00. The largest absolute Gasteiger partial charge is 0.321 e. The van der Waals surface area contributed by atoms with E-state index in [1.165, 1.54) is 24.3 Å². The van der Waals surface area contributed by atoms with Crippen LogP contribution in [-0.4, -0.2) is 11.7 Å². The van der Waals surface area contributed by atoms with E-state index in [-0.39, 0.29) is 10.6 Å². The van der Waals surface area contributed by atoms with E-state index in [0.717, 1.165) is 5.56 Å². The molecule has 5 heteroatoms. The van der Waals surface area contributed by atoms with E-state index in [9.17, 15) is 14.0 Å². The molecule has 1 heterocycles. The number of carbonyl (C=O) groups excluding carboxylic acids is 2. The first-order chi connectivity index (χ1) is 14.5. The highest BCUT2D eigenvalue weighted by Gasteiger charge is 2.28. The smallest absolute Gasteiger partial charge is 0.259 e. The number of benzene rings is 3. The summed E-state index contributed by atoms with van der Waals surface area (Å²) in [6.07, 6.45) is 2.00. The second-order valence-corrected chi connectivity index (χ2v) is 7.15. The molecule has 146 valence electrons. The third kappa shape index (κ3) is 4.17. The van der Waals surface area contributed by atoms with E-state index >= 15 is 0 Å². The van der Waals surface area contributed by atoms with Crippen molar-refractivity contribution in [3.63, 3.8) is 0 Å². The number of hydrogen-bond donors (Lipinski definition) is 1. The van der Waals surface area contributed by atoms with E-state index in [0.29, 0.717) is 28.8 Å². The summed E-state index contributed by atoms with van der Waals surface area (Å²) in [5, 5.41) is 2.63. The van der Waals surface area contributed by atoms with E-state index in [2.05, 4.69) is 17.2 Å². The van der Waals surface area contributed by atoms with Crippen molar-refractivity contribution >= 4 is 35.1 Å². The fourth-order valence-corrected chi connectivity index (χ4v) is 3.29. The molecular weight excluding hydrogens is 401 g/mol. The molecule has 0 unspecified atom stereocenters. The first kappa shape index (κ1) is 19.6. The van der Waals surface area contributed by atoms with Crippen LogP contribution in [0.3, 0.4) is 0 Å². The molecule has 3 aromatic rings. The van der Waals surface area contributed by atoms with Crippen LogP contribution in [-0.2, 0) is 11.2 Å². The summed E-state index contributed by atoms with van der Waals surface area (Å²) in [7, 11) is 0. The molecule has 0 saturated carbocycles. The summed E-state index contributed by atoms with van der Waals surface area (Å²) in [5.74, 6) is 4.66. The number of halogens is 2. The van der Waals surface area contributed by atoms with Gasteiger partial charge in [-0.25, -0.2) is 4.39 Å².